The molecule has 152 valence electrons. The lowest BCUT2D eigenvalue weighted by Crippen LogP contribution is -2.16. The first-order chi connectivity index (χ1) is 14.5. The molecule has 0 atom stereocenters. The molecule has 1 aromatic carbocycles. The van der Waals surface area contributed by atoms with E-state index in [1.807, 2.05) is 0 Å². The second-order valence-electron chi connectivity index (χ2n) is 5.83. The van der Waals surface area contributed by atoms with E-state index in [4.69, 9.17) is 8.83 Å². The zero-order chi connectivity index (χ0) is 21.1. The molecule has 0 radical (unpaired) electrons. The number of furan rings is 2. The lowest BCUT2D eigenvalue weighted by molar-refractivity contribution is -0.113. The van der Waals surface area contributed by atoms with Crippen molar-refractivity contribution in [1.29, 1.82) is 0 Å². The third-order valence-corrected chi connectivity index (χ3v) is 5.24. The highest BCUT2D eigenvalue weighted by Crippen LogP contribution is 2.31. The van der Waals surface area contributed by atoms with Gasteiger partial charge in [0.05, 0.1) is 24.0 Å². The summed E-state index contributed by atoms with van der Waals surface area (Å²) in [5.41, 5.74) is 0.645. The summed E-state index contributed by atoms with van der Waals surface area (Å²) in [5.74, 6) is -1.37. The fourth-order valence-corrected chi connectivity index (χ4v) is 3.60. The van der Waals surface area contributed by atoms with E-state index in [9.17, 15) is 13.6 Å². The molecule has 30 heavy (non-hydrogen) atoms. The zero-order valence-corrected chi connectivity index (χ0v) is 17.3. The first-order valence-electron chi connectivity index (χ1n) is 8.41. The SMILES string of the molecule is O=C(CSc1nnc(-c2ccco2)c(-c2ccco2)n1)Nc1c(F)cc(F)cc1Br. The summed E-state index contributed by atoms with van der Waals surface area (Å²) in [5, 5.41) is 10.8. The van der Waals surface area contributed by atoms with Crippen LogP contribution in [0.25, 0.3) is 22.9 Å². The van der Waals surface area contributed by atoms with E-state index < -0.39 is 17.5 Å². The molecule has 3 heterocycles. The van der Waals surface area contributed by atoms with Crippen LogP contribution in [-0.2, 0) is 4.79 Å². The number of halogens is 3. The van der Waals surface area contributed by atoms with Gasteiger partial charge in [0.25, 0.3) is 0 Å². The number of rotatable bonds is 6. The van der Waals surface area contributed by atoms with Crippen LogP contribution in [0, 0.1) is 11.6 Å². The summed E-state index contributed by atoms with van der Waals surface area (Å²) >= 11 is 4.02. The molecule has 0 aliphatic carbocycles. The maximum absolute atomic E-state index is 13.9. The summed E-state index contributed by atoms with van der Waals surface area (Å²) in [4.78, 5) is 16.6. The minimum absolute atomic E-state index is 0.0965. The number of carbonyl (C=O) groups excluding carboxylic acids is 1. The van der Waals surface area contributed by atoms with Crippen LogP contribution in [0.15, 0.2) is 67.4 Å². The summed E-state index contributed by atoms with van der Waals surface area (Å²) in [6.45, 7) is 0. The minimum Gasteiger partial charge on any atom is -0.463 e. The van der Waals surface area contributed by atoms with E-state index in [0.717, 1.165) is 17.8 Å². The first kappa shape index (κ1) is 20.2. The Morgan fingerprint density at radius 1 is 1.07 bits per heavy atom. The summed E-state index contributed by atoms with van der Waals surface area (Å²) in [7, 11) is 0. The number of hydrogen-bond donors (Lipinski definition) is 1. The highest BCUT2D eigenvalue weighted by atomic mass is 79.9. The molecule has 0 spiro atoms. The lowest BCUT2D eigenvalue weighted by Gasteiger charge is -2.09. The topological polar surface area (TPSA) is 94.0 Å². The van der Waals surface area contributed by atoms with E-state index >= 15 is 0 Å². The van der Waals surface area contributed by atoms with Gasteiger partial charge in [-0.15, -0.1) is 10.2 Å². The number of amides is 1. The number of carbonyl (C=O) groups is 1. The van der Waals surface area contributed by atoms with Gasteiger partial charge in [0, 0.05) is 10.5 Å². The average molecular weight is 493 g/mol. The largest absolute Gasteiger partial charge is 0.463 e. The van der Waals surface area contributed by atoms with Crippen molar-refractivity contribution in [2.45, 2.75) is 5.16 Å². The van der Waals surface area contributed by atoms with Gasteiger partial charge in [0.15, 0.2) is 23.0 Å². The fraction of sp³-hybridized carbons (Fsp3) is 0.0526. The van der Waals surface area contributed by atoms with E-state index in [2.05, 4.69) is 36.4 Å². The Morgan fingerprint density at radius 3 is 2.40 bits per heavy atom. The van der Waals surface area contributed by atoms with Crippen LogP contribution in [0.5, 0.6) is 0 Å². The number of thioether (sulfide) groups is 1. The van der Waals surface area contributed by atoms with Gasteiger partial charge in [-0.25, -0.2) is 13.8 Å². The van der Waals surface area contributed by atoms with E-state index in [1.165, 1.54) is 12.5 Å². The fourth-order valence-electron chi connectivity index (χ4n) is 2.50. The molecule has 0 bridgehead atoms. The first-order valence-corrected chi connectivity index (χ1v) is 10.2. The average Bonchev–Trinajstić information content (AvgIpc) is 3.43. The van der Waals surface area contributed by atoms with Crippen LogP contribution in [-0.4, -0.2) is 26.8 Å². The third kappa shape index (κ3) is 4.41. The molecule has 0 aliphatic rings. The van der Waals surface area contributed by atoms with Gasteiger partial charge >= 0.3 is 0 Å². The molecular weight excluding hydrogens is 482 g/mol. The van der Waals surface area contributed by atoms with Crippen LogP contribution >= 0.6 is 27.7 Å². The monoisotopic (exact) mass is 492 g/mol. The summed E-state index contributed by atoms with van der Waals surface area (Å²) in [6, 6.07) is 8.59. The van der Waals surface area contributed by atoms with Crippen molar-refractivity contribution in [2.75, 3.05) is 11.1 Å². The van der Waals surface area contributed by atoms with Gasteiger partial charge in [-0.1, -0.05) is 11.8 Å². The van der Waals surface area contributed by atoms with Crippen molar-refractivity contribution >= 4 is 39.3 Å². The van der Waals surface area contributed by atoms with Crippen molar-refractivity contribution in [2.24, 2.45) is 0 Å². The number of benzene rings is 1. The van der Waals surface area contributed by atoms with Crippen molar-refractivity contribution in [3.63, 3.8) is 0 Å². The van der Waals surface area contributed by atoms with Gasteiger partial charge in [-0.05, 0) is 46.3 Å². The Hall–Kier alpha value is -3.05. The molecule has 0 unspecified atom stereocenters. The van der Waals surface area contributed by atoms with Gasteiger partial charge in [0.2, 0.25) is 11.1 Å². The van der Waals surface area contributed by atoms with Crippen LogP contribution < -0.4 is 5.32 Å². The molecule has 0 saturated heterocycles. The second kappa shape index (κ2) is 8.76. The number of nitrogens with zero attached hydrogens (tertiary/aromatic N) is 3. The van der Waals surface area contributed by atoms with Crippen LogP contribution in [0.1, 0.15) is 0 Å². The molecule has 11 heteroatoms. The van der Waals surface area contributed by atoms with Crippen molar-refractivity contribution < 1.29 is 22.4 Å². The standard InChI is InChI=1S/C19H11BrF2N4O3S/c20-11-7-10(21)8-12(22)16(11)23-15(27)9-30-19-24-17(13-3-1-5-28-13)18(25-26-19)14-4-2-6-29-14/h1-8H,9H2,(H,23,27). The Kier molecular flexibility index (Phi) is 5.91. The molecule has 0 saturated carbocycles. The molecule has 1 N–H and O–H groups in total. The normalized spacial score (nSPS) is 10.9. The zero-order valence-electron chi connectivity index (χ0n) is 14.9. The smallest absolute Gasteiger partial charge is 0.234 e. The van der Waals surface area contributed by atoms with Crippen molar-refractivity contribution in [3.05, 3.63) is 65.0 Å². The van der Waals surface area contributed by atoms with Gasteiger partial charge in [-0.3, -0.25) is 4.79 Å². The maximum atomic E-state index is 13.9. The number of aromatic nitrogens is 3. The maximum Gasteiger partial charge on any atom is 0.234 e. The highest BCUT2D eigenvalue weighted by Gasteiger charge is 2.19. The van der Waals surface area contributed by atoms with Crippen LogP contribution in [0.2, 0.25) is 0 Å². The molecule has 4 rings (SSSR count). The molecule has 1 amide bonds. The summed E-state index contributed by atoms with van der Waals surface area (Å²) in [6.07, 6.45) is 3.00. The van der Waals surface area contributed by atoms with Gasteiger partial charge < -0.3 is 14.2 Å². The summed E-state index contributed by atoms with van der Waals surface area (Å²) < 4.78 is 37.9. The Balaban J connectivity index is 1.51. The van der Waals surface area contributed by atoms with Crippen molar-refractivity contribution in [3.8, 4) is 22.9 Å². The van der Waals surface area contributed by atoms with Crippen LogP contribution in [0.3, 0.4) is 0 Å². The second-order valence-corrected chi connectivity index (χ2v) is 7.62. The van der Waals surface area contributed by atoms with E-state index in [1.54, 1.807) is 24.3 Å². The van der Waals surface area contributed by atoms with E-state index in [0.29, 0.717) is 29.0 Å². The van der Waals surface area contributed by atoms with Crippen molar-refractivity contribution in [1.82, 2.24) is 15.2 Å². The predicted octanol–water partition coefficient (Wildman–Crippen LogP) is 5.16. The van der Waals surface area contributed by atoms with Crippen LogP contribution in [0.4, 0.5) is 14.5 Å². The quantitative estimate of drug-likeness (QED) is 0.371. The molecule has 0 aliphatic heterocycles. The van der Waals surface area contributed by atoms with Gasteiger partial charge in [0.1, 0.15) is 11.5 Å². The minimum atomic E-state index is -0.888. The Bertz CT molecular complexity index is 1160. The molecule has 7 nitrogen and oxygen atoms in total. The molecular formula is C19H11BrF2N4O3S. The molecule has 0 fully saturated rings. The Labute approximate surface area is 181 Å². The van der Waals surface area contributed by atoms with Gasteiger partial charge in [-0.2, -0.15) is 0 Å². The van der Waals surface area contributed by atoms with E-state index in [-0.39, 0.29) is 21.1 Å². The Morgan fingerprint density at radius 2 is 1.77 bits per heavy atom. The molecule has 3 aromatic heterocycles. The number of nitrogens with one attached hydrogen (secondary N) is 1. The predicted molar refractivity (Wildman–Crippen MR) is 109 cm³/mol. The highest BCUT2D eigenvalue weighted by molar-refractivity contribution is 9.10. The molecule has 4 aromatic rings. The lowest BCUT2D eigenvalue weighted by atomic mass is 10.2. The number of anilines is 1. The number of hydrogen-bond acceptors (Lipinski definition) is 7. The third-order valence-electron chi connectivity index (χ3n) is 3.78.